The van der Waals surface area contributed by atoms with Crippen LogP contribution in [-0.4, -0.2) is 25.8 Å². The lowest BCUT2D eigenvalue weighted by Gasteiger charge is -2.07. The van der Waals surface area contributed by atoms with Gasteiger partial charge in [0.25, 0.3) is 0 Å². The van der Waals surface area contributed by atoms with Gasteiger partial charge in [0, 0.05) is 13.2 Å². The zero-order chi connectivity index (χ0) is 17.5. The van der Waals surface area contributed by atoms with Crippen LogP contribution in [0.4, 0.5) is 0 Å². The second-order valence-electron chi connectivity index (χ2n) is 6.94. The molecule has 0 spiro atoms. The molecular weight excluding hydrogens is 282 g/mol. The molecule has 0 atom stereocenters. The van der Waals surface area contributed by atoms with Crippen molar-refractivity contribution in [2.24, 2.45) is 0 Å². The fourth-order valence-electron chi connectivity index (χ4n) is 2.20. The lowest BCUT2D eigenvalue weighted by atomic mass is 10.1. The van der Waals surface area contributed by atoms with Crippen molar-refractivity contribution in [3.05, 3.63) is 34.9 Å². The molecule has 0 aliphatic carbocycles. The third-order valence-electron chi connectivity index (χ3n) is 3.67. The van der Waals surface area contributed by atoms with Gasteiger partial charge in [-0.15, -0.1) is 0 Å². The molecule has 23 heavy (non-hydrogen) atoms. The Labute approximate surface area is 145 Å². The van der Waals surface area contributed by atoms with Gasteiger partial charge in [-0.1, -0.05) is 34.9 Å². The van der Waals surface area contributed by atoms with E-state index in [1.165, 1.54) is 29.6 Å². The van der Waals surface area contributed by atoms with Crippen LogP contribution < -0.4 is 5.32 Å². The molecule has 0 aromatic heterocycles. The first-order chi connectivity index (χ1) is 10.9. The number of nitrogens with one attached hydrogen (secondary N) is 1. The van der Waals surface area contributed by atoms with E-state index in [0.717, 1.165) is 39.0 Å². The summed E-state index contributed by atoms with van der Waals surface area (Å²) in [4.78, 5) is 0. The highest BCUT2D eigenvalue weighted by atomic mass is 16.5. The van der Waals surface area contributed by atoms with Gasteiger partial charge >= 0.3 is 0 Å². The fraction of sp³-hybridized carbons (Fsp3) is 0.714. The zero-order valence-corrected chi connectivity index (χ0v) is 16.4. The summed E-state index contributed by atoms with van der Waals surface area (Å²) in [5, 5.41) is 3.45. The number of hydrogen-bond acceptors (Lipinski definition) is 2. The van der Waals surface area contributed by atoms with Crippen molar-refractivity contribution in [2.45, 2.75) is 79.8 Å². The lowest BCUT2D eigenvalue weighted by molar-refractivity contribution is 0.0772. The number of allylic oxidation sites excluding steroid dienone is 5. The van der Waals surface area contributed by atoms with E-state index in [-0.39, 0.29) is 0 Å². The largest absolute Gasteiger partial charge is 0.379 e. The fourth-order valence-corrected chi connectivity index (χ4v) is 2.20. The van der Waals surface area contributed by atoms with Gasteiger partial charge in [0.2, 0.25) is 0 Å². The molecule has 0 aliphatic heterocycles. The van der Waals surface area contributed by atoms with Gasteiger partial charge in [0.05, 0.1) is 6.10 Å². The summed E-state index contributed by atoms with van der Waals surface area (Å²) < 4.78 is 5.52. The molecule has 134 valence electrons. The molecule has 0 aromatic carbocycles. The third kappa shape index (κ3) is 17.3. The minimum atomic E-state index is 0.343. The van der Waals surface area contributed by atoms with E-state index in [4.69, 9.17) is 4.74 Å². The summed E-state index contributed by atoms with van der Waals surface area (Å²) >= 11 is 0. The SMILES string of the molecule is CC(C)=CCC/C(C)=C/CC/C(C)=C/CNCCCOC(C)C. The van der Waals surface area contributed by atoms with Crippen LogP contribution >= 0.6 is 0 Å². The average Bonchev–Trinajstić information content (AvgIpc) is 2.45. The van der Waals surface area contributed by atoms with Crippen LogP contribution in [0.2, 0.25) is 0 Å². The maximum absolute atomic E-state index is 5.52. The maximum Gasteiger partial charge on any atom is 0.0518 e. The highest BCUT2D eigenvalue weighted by molar-refractivity contribution is 5.05. The Morgan fingerprint density at radius 1 is 0.913 bits per heavy atom. The van der Waals surface area contributed by atoms with Crippen molar-refractivity contribution < 1.29 is 4.74 Å². The molecule has 0 amide bonds. The van der Waals surface area contributed by atoms with Gasteiger partial charge in [0.1, 0.15) is 0 Å². The van der Waals surface area contributed by atoms with Crippen molar-refractivity contribution >= 4 is 0 Å². The molecule has 0 radical (unpaired) electrons. The van der Waals surface area contributed by atoms with Gasteiger partial charge < -0.3 is 10.1 Å². The van der Waals surface area contributed by atoms with E-state index < -0.39 is 0 Å². The quantitative estimate of drug-likeness (QED) is 0.341. The molecule has 0 aromatic rings. The molecule has 0 heterocycles. The van der Waals surface area contributed by atoms with Crippen LogP contribution in [0.1, 0.15) is 73.6 Å². The monoisotopic (exact) mass is 321 g/mol. The molecule has 0 unspecified atom stereocenters. The summed E-state index contributed by atoms with van der Waals surface area (Å²) in [6, 6.07) is 0. The molecular formula is C21H39NO. The van der Waals surface area contributed by atoms with Gasteiger partial charge in [0.15, 0.2) is 0 Å². The summed E-state index contributed by atoms with van der Waals surface area (Å²) in [6.07, 6.45) is 13.1. The Bertz CT molecular complexity index is 373. The maximum atomic E-state index is 5.52. The topological polar surface area (TPSA) is 21.3 Å². The Kier molecular flexibility index (Phi) is 14.2. The highest BCUT2D eigenvalue weighted by Crippen LogP contribution is 2.11. The minimum Gasteiger partial charge on any atom is -0.379 e. The number of ether oxygens (including phenoxy) is 1. The first-order valence-corrected chi connectivity index (χ1v) is 9.18. The van der Waals surface area contributed by atoms with E-state index in [1.54, 1.807) is 0 Å². The summed E-state index contributed by atoms with van der Waals surface area (Å²) in [5.74, 6) is 0. The standard InChI is InChI=1S/C21H39NO/c1-18(2)10-7-11-20(5)12-8-13-21(6)14-16-22-15-9-17-23-19(3)4/h10,12,14,19,22H,7-9,11,13,15-17H2,1-6H3/b20-12+,21-14+. The molecule has 2 nitrogen and oxygen atoms in total. The first kappa shape index (κ1) is 22.1. The van der Waals surface area contributed by atoms with Crippen LogP contribution in [0.15, 0.2) is 34.9 Å². The molecule has 0 aliphatic rings. The molecule has 0 saturated heterocycles. The van der Waals surface area contributed by atoms with Crippen LogP contribution in [0.3, 0.4) is 0 Å². The van der Waals surface area contributed by atoms with Crippen LogP contribution in [0, 0.1) is 0 Å². The number of hydrogen-bond donors (Lipinski definition) is 1. The Morgan fingerprint density at radius 3 is 2.13 bits per heavy atom. The van der Waals surface area contributed by atoms with Crippen molar-refractivity contribution in [3.8, 4) is 0 Å². The predicted molar refractivity (Wildman–Crippen MR) is 104 cm³/mol. The highest BCUT2D eigenvalue weighted by Gasteiger charge is 1.94. The first-order valence-electron chi connectivity index (χ1n) is 9.18. The van der Waals surface area contributed by atoms with Gasteiger partial charge in [-0.2, -0.15) is 0 Å². The second-order valence-corrected chi connectivity index (χ2v) is 6.94. The van der Waals surface area contributed by atoms with Gasteiger partial charge in [-0.3, -0.25) is 0 Å². The van der Waals surface area contributed by atoms with Crippen molar-refractivity contribution in [2.75, 3.05) is 19.7 Å². The van der Waals surface area contributed by atoms with Crippen molar-refractivity contribution in [3.63, 3.8) is 0 Å². The smallest absolute Gasteiger partial charge is 0.0518 e. The molecule has 1 N–H and O–H groups in total. The van der Waals surface area contributed by atoms with Gasteiger partial charge in [-0.25, -0.2) is 0 Å². The van der Waals surface area contributed by atoms with E-state index in [1.807, 2.05) is 0 Å². The minimum absolute atomic E-state index is 0.343. The predicted octanol–water partition coefficient (Wildman–Crippen LogP) is 5.81. The van der Waals surface area contributed by atoms with E-state index in [0.29, 0.717) is 6.10 Å². The molecule has 0 saturated carbocycles. The number of rotatable bonds is 13. The Morgan fingerprint density at radius 2 is 1.52 bits per heavy atom. The van der Waals surface area contributed by atoms with Gasteiger partial charge in [-0.05, 0) is 80.2 Å². The zero-order valence-electron chi connectivity index (χ0n) is 16.4. The Hall–Kier alpha value is -0.860. The summed E-state index contributed by atoms with van der Waals surface area (Å²) in [6.45, 7) is 15.8. The summed E-state index contributed by atoms with van der Waals surface area (Å²) in [7, 11) is 0. The van der Waals surface area contributed by atoms with E-state index in [9.17, 15) is 0 Å². The van der Waals surface area contributed by atoms with Crippen LogP contribution in [-0.2, 0) is 4.74 Å². The molecule has 0 fully saturated rings. The van der Waals surface area contributed by atoms with Crippen molar-refractivity contribution in [1.29, 1.82) is 0 Å². The average molecular weight is 322 g/mol. The normalized spacial score (nSPS) is 12.8. The van der Waals surface area contributed by atoms with Crippen molar-refractivity contribution in [1.82, 2.24) is 5.32 Å². The van der Waals surface area contributed by atoms with E-state index in [2.05, 4.69) is 65.1 Å². The Balaban J connectivity index is 3.67. The van der Waals surface area contributed by atoms with Crippen LogP contribution in [0.25, 0.3) is 0 Å². The van der Waals surface area contributed by atoms with Crippen LogP contribution in [0.5, 0.6) is 0 Å². The molecule has 0 bridgehead atoms. The third-order valence-corrected chi connectivity index (χ3v) is 3.67. The summed E-state index contributed by atoms with van der Waals surface area (Å²) in [5.41, 5.74) is 4.41. The molecule has 0 rings (SSSR count). The lowest BCUT2D eigenvalue weighted by Crippen LogP contribution is -2.17. The molecule has 2 heteroatoms. The second kappa shape index (κ2) is 14.7. The van der Waals surface area contributed by atoms with E-state index >= 15 is 0 Å².